The van der Waals surface area contributed by atoms with Gasteiger partial charge in [0.05, 0.1) is 5.69 Å². The lowest BCUT2D eigenvalue weighted by atomic mass is 9.75. The quantitative estimate of drug-likeness (QED) is 0.901. The minimum Gasteiger partial charge on any atom is -0.381 e. The molecule has 3 rings (SSSR count). The number of likely N-dealkylation sites (tertiary alicyclic amines) is 1. The zero-order chi connectivity index (χ0) is 13.8. The zero-order valence-electron chi connectivity index (χ0n) is 12.2. The number of para-hydroxylation sites is 1. The maximum absolute atomic E-state index is 13.5. The Labute approximate surface area is 121 Å². The van der Waals surface area contributed by atoms with Gasteiger partial charge >= 0.3 is 0 Å². The lowest BCUT2D eigenvalue weighted by Gasteiger charge is -2.41. The van der Waals surface area contributed by atoms with Crippen molar-refractivity contribution in [2.75, 3.05) is 31.5 Å². The van der Waals surface area contributed by atoms with Gasteiger partial charge in [0.15, 0.2) is 0 Å². The van der Waals surface area contributed by atoms with E-state index in [4.69, 9.17) is 0 Å². The highest BCUT2D eigenvalue weighted by Crippen LogP contribution is 2.35. The van der Waals surface area contributed by atoms with Gasteiger partial charge in [-0.1, -0.05) is 31.4 Å². The van der Waals surface area contributed by atoms with E-state index in [0.29, 0.717) is 5.69 Å². The number of rotatable bonds is 4. The minimum absolute atomic E-state index is 0.154. The topological polar surface area (TPSA) is 15.3 Å². The summed E-state index contributed by atoms with van der Waals surface area (Å²) >= 11 is 0. The Bertz CT molecular complexity index is 435. The molecule has 1 N–H and O–H groups in total. The van der Waals surface area contributed by atoms with Crippen LogP contribution in [0.25, 0.3) is 0 Å². The average molecular weight is 276 g/mol. The van der Waals surface area contributed by atoms with Gasteiger partial charge in [-0.3, -0.25) is 0 Å². The van der Waals surface area contributed by atoms with Crippen LogP contribution < -0.4 is 5.32 Å². The minimum atomic E-state index is -0.154. The standard InChI is InChI=1S/C17H25FN2/c18-16-7-3-4-8-17(16)19-10-12-20-11-9-14-5-1-2-6-15(14)13-20/h3-4,7-8,14-15,19H,1-2,5-6,9-13H2. The Kier molecular flexibility index (Phi) is 4.56. The number of fused-ring (bicyclic) bond motifs is 1. The Morgan fingerprint density at radius 2 is 1.90 bits per heavy atom. The van der Waals surface area contributed by atoms with Crippen LogP contribution in [0.1, 0.15) is 32.1 Å². The fourth-order valence-corrected chi connectivity index (χ4v) is 3.83. The van der Waals surface area contributed by atoms with E-state index in [2.05, 4.69) is 10.2 Å². The largest absolute Gasteiger partial charge is 0.381 e. The molecule has 0 bridgehead atoms. The Morgan fingerprint density at radius 3 is 2.75 bits per heavy atom. The Morgan fingerprint density at radius 1 is 1.10 bits per heavy atom. The number of halogens is 1. The van der Waals surface area contributed by atoms with Crippen molar-refractivity contribution in [2.45, 2.75) is 32.1 Å². The van der Waals surface area contributed by atoms with E-state index >= 15 is 0 Å². The molecule has 1 aromatic carbocycles. The van der Waals surface area contributed by atoms with Crippen LogP contribution in [0, 0.1) is 17.7 Å². The molecule has 2 fully saturated rings. The van der Waals surface area contributed by atoms with Crippen molar-refractivity contribution in [1.82, 2.24) is 4.90 Å². The van der Waals surface area contributed by atoms with Gasteiger partial charge in [-0.2, -0.15) is 0 Å². The molecule has 2 unspecified atom stereocenters. The molecule has 2 nitrogen and oxygen atoms in total. The molecule has 110 valence electrons. The first kappa shape index (κ1) is 13.9. The van der Waals surface area contributed by atoms with Gasteiger partial charge in [0.25, 0.3) is 0 Å². The monoisotopic (exact) mass is 276 g/mol. The summed E-state index contributed by atoms with van der Waals surface area (Å²) in [5.41, 5.74) is 0.625. The van der Waals surface area contributed by atoms with Crippen LogP contribution in [0.4, 0.5) is 10.1 Å². The van der Waals surface area contributed by atoms with Gasteiger partial charge in [-0.25, -0.2) is 4.39 Å². The SMILES string of the molecule is Fc1ccccc1NCCN1CCC2CCCCC2C1. The van der Waals surface area contributed by atoms with Crippen LogP contribution in [0.5, 0.6) is 0 Å². The second-order valence-corrected chi connectivity index (χ2v) is 6.30. The van der Waals surface area contributed by atoms with Crippen molar-refractivity contribution in [3.63, 3.8) is 0 Å². The first-order valence-electron chi connectivity index (χ1n) is 8.03. The summed E-state index contributed by atoms with van der Waals surface area (Å²) < 4.78 is 13.5. The normalized spacial score (nSPS) is 27.1. The predicted octanol–water partition coefficient (Wildman–Crippen LogP) is 3.75. The summed E-state index contributed by atoms with van der Waals surface area (Å²) in [6.07, 6.45) is 7.09. The van der Waals surface area contributed by atoms with E-state index in [9.17, 15) is 4.39 Å². The van der Waals surface area contributed by atoms with Crippen molar-refractivity contribution in [2.24, 2.45) is 11.8 Å². The molecule has 1 aliphatic heterocycles. The number of piperidine rings is 1. The highest BCUT2D eigenvalue weighted by Gasteiger charge is 2.30. The second-order valence-electron chi connectivity index (χ2n) is 6.30. The first-order chi connectivity index (χ1) is 9.83. The van der Waals surface area contributed by atoms with E-state index < -0.39 is 0 Å². The van der Waals surface area contributed by atoms with Crippen molar-refractivity contribution < 1.29 is 4.39 Å². The third-order valence-corrected chi connectivity index (χ3v) is 4.99. The van der Waals surface area contributed by atoms with Crippen LogP contribution in [0.15, 0.2) is 24.3 Å². The van der Waals surface area contributed by atoms with E-state index in [0.717, 1.165) is 24.9 Å². The summed E-state index contributed by atoms with van der Waals surface area (Å²) in [5.74, 6) is 1.75. The summed E-state index contributed by atoms with van der Waals surface area (Å²) in [4.78, 5) is 2.56. The molecule has 1 aromatic rings. The van der Waals surface area contributed by atoms with E-state index in [1.807, 2.05) is 12.1 Å². The molecule has 0 amide bonds. The van der Waals surface area contributed by atoms with Crippen LogP contribution in [-0.4, -0.2) is 31.1 Å². The van der Waals surface area contributed by atoms with Gasteiger partial charge in [0, 0.05) is 19.6 Å². The maximum Gasteiger partial charge on any atom is 0.146 e. The number of hydrogen-bond acceptors (Lipinski definition) is 2. The molecule has 0 spiro atoms. The van der Waals surface area contributed by atoms with Crippen LogP contribution in [0.3, 0.4) is 0 Å². The second kappa shape index (κ2) is 6.57. The molecule has 20 heavy (non-hydrogen) atoms. The van der Waals surface area contributed by atoms with Crippen LogP contribution >= 0.6 is 0 Å². The van der Waals surface area contributed by atoms with E-state index in [1.54, 1.807) is 6.07 Å². The lowest BCUT2D eigenvalue weighted by Crippen LogP contribution is -2.43. The van der Waals surface area contributed by atoms with E-state index in [1.165, 1.54) is 51.3 Å². The summed E-state index contributed by atoms with van der Waals surface area (Å²) in [5, 5.41) is 3.22. The smallest absolute Gasteiger partial charge is 0.146 e. The summed E-state index contributed by atoms with van der Waals surface area (Å²) in [6, 6.07) is 6.92. The number of nitrogens with one attached hydrogen (secondary N) is 1. The van der Waals surface area contributed by atoms with Crippen molar-refractivity contribution in [3.8, 4) is 0 Å². The Hall–Kier alpha value is -1.09. The molecule has 2 atom stereocenters. The van der Waals surface area contributed by atoms with Gasteiger partial charge < -0.3 is 10.2 Å². The molecule has 3 heteroatoms. The Balaban J connectivity index is 1.44. The van der Waals surface area contributed by atoms with E-state index in [-0.39, 0.29) is 5.82 Å². The third-order valence-electron chi connectivity index (χ3n) is 4.99. The fraction of sp³-hybridized carbons (Fsp3) is 0.647. The van der Waals surface area contributed by atoms with Crippen molar-refractivity contribution >= 4 is 5.69 Å². The molecule has 1 saturated heterocycles. The van der Waals surface area contributed by atoms with Gasteiger partial charge in [-0.05, 0) is 43.4 Å². The highest BCUT2D eigenvalue weighted by atomic mass is 19.1. The molecule has 2 aliphatic rings. The van der Waals surface area contributed by atoms with Crippen LogP contribution in [-0.2, 0) is 0 Å². The molecular weight excluding hydrogens is 251 g/mol. The van der Waals surface area contributed by atoms with Crippen molar-refractivity contribution in [3.05, 3.63) is 30.1 Å². The van der Waals surface area contributed by atoms with Gasteiger partial charge in [-0.15, -0.1) is 0 Å². The van der Waals surface area contributed by atoms with Gasteiger partial charge in [0.2, 0.25) is 0 Å². The molecular formula is C17H25FN2. The summed E-state index contributed by atoms with van der Waals surface area (Å²) in [7, 11) is 0. The number of benzene rings is 1. The fourth-order valence-electron chi connectivity index (χ4n) is 3.83. The summed E-state index contributed by atoms with van der Waals surface area (Å²) in [6.45, 7) is 4.33. The van der Waals surface area contributed by atoms with Crippen molar-refractivity contribution in [1.29, 1.82) is 0 Å². The molecule has 0 aromatic heterocycles. The number of hydrogen-bond donors (Lipinski definition) is 1. The molecule has 1 saturated carbocycles. The third kappa shape index (κ3) is 3.32. The molecule has 1 heterocycles. The number of nitrogens with zero attached hydrogens (tertiary/aromatic N) is 1. The maximum atomic E-state index is 13.5. The predicted molar refractivity (Wildman–Crippen MR) is 81.4 cm³/mol. The molecule has 1 aliphatic carbocycles. The van der Waals surface area contributed by atoms with Crippen LogP contribution in [0.2, 0.25) is 0 Å². The zero-order valence-corrected chi connectivity index (χ0v) is 12.2. The first-order valence-corrected chi connectivity index (χ1v) is 8.03. The number of anilines is 1. The average Bonchev–Trinajstić information content (AvgIpc) is 2.49. The lowest BCUT2D eigenvalue weighted by molar-refractivity contribution is 0.0898. The van der Waals surface area contributed by atoms with Gasteiger partial charge in [0.1, 0.15) is 5.82 Å². The molecule has 0 radical (unpaired) electrons. The highest BCUT2D eigenvalue weighted by molar-refractivity contribution is 5.44.